The average Bonchev–Trinajstić information content (AvgIpc) is 2.91. The standard InChI is InChI=1S/C14H11BrClN3OS/c15-8-5-10-14(19-6-8)9(3-4-17-10)18-7-11(20)12-1-2-13(16)21-12/h1-6,11,20H,7H2,(H,17,18). The maximum absolute atomic E-state index is 10.2. The highest BCUT2D eigenvalue weighted by molar-refractivity contribution is 9.10. The number of rotatable bonds is 4. The SMILES string of the molecule is OC(CNc1ccnc2cc(Br)cnc12)c1ccc(Cl)s1. The van der Waals surface area contributed by atoms with Gasteiger partial charge in [-0.1, -0.05) is 11.6 Å². The minimum absolute atomic E-state index is 0.383. The number of nitrogens with zero attached hydrogens (tertiary/aromatic N) is 2. The van der Waals surface area contributed by atoms with Crippen LogP contribution in [0.5, 0.6) is 0 Å². The molecule has 4 nitrogen and oxygen atoms in total. The van der Waals surface area contributed by atoms with Crippen molar-refractivity contribution < 1.29 is 5.11 Å². The van der Waals surface area contributed by atoms with Gasteiger partial charge < -0.3 is 10.4 Å². The number of pyridine rings is 2. The lowest BCUT2D eigenvalue weighted by Crippen LogP contribution is -2.11. The van der Waals surface area contributed by atoms with E-state index in [1.807, 2.05) is 18.2 Å². The van der Waals surface area contributed by atoms with Crippen LogP contribution in [0.1, 0.15) is 11.0 Å². The maximum atomic E-state index is 10.2. The molecule has 0 bridgehead atoms. The van der Waals surface area contributed by atoms with Crippen molar-refractivity contribution in [1.82, 2.24) is 9.97 Å². The summed E-state index contributed by atoms with van der Waals surface area (Å²) in [6.07, 6.45) is 2.83. The highest BCUT2D eigenvalue weighted by Crippen LogP contribution is 2.28. The molecular formula is C14H11BrClN3OS. The van der Waals surface area contributed by atoms with Crippen molar-refractivity contribution in [2.24, 2.45) is 0 Å². The number of hydrogen-bond donors (Lipinski definition) is 2. The van der Waals surface area contributed by atoms with Crippen molar-refractivity contribution in [3.63, 3.8) is 0 Å². The van der Waals surface area contributed by atoms with Gasteiger partial charge in [-0.15, -0.1) is 11.3 Å². The van der Waals surface area contributed by atoms with Crippen LogP contribution in [0.3, 0.4) is 0 Å². The monoisotopic (exact) mass is 383 g/mol. The van der Waals surface area contributed by atoms with E-state index in [4.69, 9.17) is 11.6 Å². The Morgan fingerprint density at radius 3 is 2.95 bits per heavy atom. The quantitative estimate of drug-likeness (QED) is 0.706. The van der Waals surface area contributed by atoms with Gasteiger partial charge in [0.2, 0.25) is 0 Å². The molecule has 2 N–H and O–H groups in total. The van der Waals surface area contributed by atoms with Crippen molar-refractivity contribution >= 4 is 55.6 Å². The van der Waals surface area contributed by atoms with Gasteiger partial charge in [0.25, 0.3) is 0 Å². The molecule has 0 aliphatic heterocycles. The largest absolute Gasteiger partial charge is 0.386 e. The molecule has 0 aliphatic rings. The number of nitrogens with one attached hydrogen (secondary N) is 1. The van der Waals surface area contributed by atoms with Crippen LogP contribution < -0.4 is 5.32 Å². The predicted molar refractivity (Wildman–Crippen MR) is 90.0 cm³/mol. The van der Waals surface area contributed by atoms with Crippen molar-refractivity contribution in [2.75, 3.05) is 11.9 Å². The van der Waals surface area contributed by atoms with Gasteiger partial charge in [0.1, 0.15) is 11.6 Å². The lowest BCUT2D eigenvalue weighted by molar-refractivity contribution is 0.195. The first kappa shape index (κ1) is 14.7. The third kappa shape index (κ3) is 3.35. The van der Waals surface area contributed by atoms with Gasteiger partial charge in [-0.25, -0.2) is 0 Å². The molecule has 1 unspecified atom stereocenters. The number of aliphatic hydroxyl groups is 1. The highest BCUT2D eigenvalue weighted by atomic mass is 79.9. The summed E-state index contributed by atoms with van der Waals surface area (Å²) in [4.78, 5) is 9.48. The number of aliphatic hydroxyl groups excluding tert-OH is 1. The van der Waals surface area contributed by atoms with E-state index in [0.29, 0.717) is 10.9 Å². The molecule has 0 saturated carbocycles. The van der Waals surface area contributed by atoms with Crippen molar-refractivity contribution in [1.29, 1.82) is 0 Å². The molecule has 0 fully saturated rings. The van der Waals surface area contributed by atoms with Gasteiger partial charge in [-0.3, -0.25) is 9.97 Å². The molecule has 0 radical (unpaired) electrons. The second-order valence-corrected chi connectivity index (χ2v) is 7.08. The van der Waals surface area contributed by atoms with Crippen LogP contribution in [0.4, 0.5) is 5.69 Å². The molecule has 3 heterocycles. The van der Waals surface area contributed by atoms with Gasteiger partial charge in [0, 0.05) is 28.3 Å². The van der Waals surface area contributed by atoms with E-state index in [-0.39, 0.29) is 0 Å². The Balaban J connectivity index is 1.79. The summed E-state index contributed by atoms with van der Waals surface area (Å²) in [5.74, 6) is 0. The van der Waals surface area contributed by atoms with Crippen molar-refractivity contribution in [3.8, 4) is 0 Å². The van der Waals surface area contributed by atoms with E-state index < -0.39 is 6.10 Å². The fourth-order valence-electron chi connectivity index (χ4n) is 1.96. The zero-order chi connectivity index (χ0) is 14.8. The first-order chi connectivity index (χ1) is 10.1. The molecule has 1 atom stereocenters. The summed E-state index contributed by atoms with van der Waals surface area (Å²) in [6, 6.07) is 7.37. The van der Waals surface area contributed by atoms with E-state index >= 15 is 0 Å². The lowest BCUT2D eigenvalue weighted by atomic mass is 10.2. The van der Waals surface area contributed by atoms with Gasteiger partial charge >= 0.3 is 0 Å². The van der Waals surface area contributed by atoms with Gasteiger partial charge in [0.15, 0.2) is 0 Å². The maximum Gasteiger partial charge on any atom is 0.112 e. The Kier molecular flexibility index (Phi) is 4.40. The Hall–Kier alpha value is -1.21. The average molecular weight is 385 g/mol. The van der Waals surface area contributed by atoms with Crippen molar-refractivity contribution in [3.05, 3.63) is 50.3 Å². The van der Waals surface area contributed by atoms with Gasteiger partial charge in [-0.2, -0.15) is 0 Å². The second kappa shape index (κ2) is 6.27. The Morgan fingerprint density at radius 1 is 1.33 bits per heavy atom. The van der Waals surface area contributed by atoms with Gasteiger partial charge in [0.05, 0.1) is 15.5 Å². The van der Waals surface area contributed by atoms with Crippen LogP contribution in [0.25, 0.3) is 11.0 Å². The summed E-state index contributed by atoms with van der Waals surface area (Å²) in [5.41, 5.74) is 2.41. The summed E-state index contributed by atoms with van der Waals surface area (Å²) in [5, 5.41) is 13.4. The molecule has 108 valence electrons. The number of anilines is 1. The number of halogens is 2. The first-order valence-corrected chi connectivity index (χ1v) is 8.19. The molecule has 3 rings (SSSR count). The van der Waals surface area contributed by atoms with Crippen LogP contribution >= 0.6 is 38.9 Å². The molecule has 0 spiro atoms. The Morgan fingerprint density at radius 2 is 2.19 bits per heavy atom. The second-order valence-electron chi connectivity index (χ2n) is 4.42. The van der Waals surface area contributed by atoms with E-state index in [1.54, 1.807) is 18.5 Å². The molecule has 3 aromatic rings. The van der Waals surface area contributed by atoms with E-state index in [0.717, 1.165) is 26.1 Å². The molecule has 3 aromatic heterocycles. The molecular weight excluding hydrogens is 374 g/mol. The molecule has 7 heteroatoms. The zero-order valence-corrected chi connectivity index (χ0v) is 13.9. The summed E-state index contributed by atoms with van der Waals surface area (Å²) in [7, 11) is 0. The fraction of sp³-hybridized carbons (Fsp3) is 0.143. The topological polar surface area (TPSA) is 58.0 Å². The Labute approximate surface area is 138 Å². The normalized spacial score (nSPS) is 12.5. The fourth-order valence-corrected chi connectivity index (χ4v) is 3.33. The first-order valence-electron chi connectivity index (χ1n) is 6.21. The van der Waals surface area contributed by atoms with Crippen LogP contribution in [-0.4, -0.2) is 21.6 Å². The van der Waals surface area contributed by atoms with Crippen LogP contribution in [0.15, 0.2) is 41.1 Å². The number of hydrogen-bond acceptors (Lipinski definition) is 5. The van der Waals surface area contributed by atoms with Gasteiger partial charge in [-0.05, 0) is 40.2 Å². The molecule has 0 aliphatic carbocycles. The molecule has 21 heavy (non-hydrogen) atoms. The summed E-state index contributed by atoms with van der Waals surface area (Å²) < 4.78 is 1.55. The zero-order valence-electron chi connectivity index (χ0n) is 10.8. The number of fused-ring (bicyclic) bond motifs is 1. The van der Waals surface area contributed by atoms with Crippen LogP contribution in [-0.2, 0) is 0 Å². The lowest BCUT2D eigenvalue weighted by Gasteiger charge is -2.12. The van der Waals surface area contributed by atoms with E-state index in [2.05, 4.69) is 31.2 Å². The molecule has 0 aromatic carbocycles. The third-order valence-corrected chi connectivity index (χ3v) is 4.72. The Bertz CT molecular complexity index is 780. The predicted octanol–water partition coefficient (Wildman–Crippen LogP) is 4.25. The number of aromatic nitrogens is 2. The minimum Gasteiger partial charge on any atom is -0.386 e. The van der Waals surface area contributed by atoms with E-state index in [9.17, 15) is 5.11 Å². The summed E-state index contributed by atoms with van der Waals surface area (Å²) in [6.45, 7) is 0.383. The third-order valence-electron chi connectivity index (χ3n) is 2.95. The van der Waals surface area contributed by atoms with Crippen molar-refractivity contribution in [2.45, 2.75) is 6.10 Å². The molecule has 0 amide bonds. The van der Waals surface area contributed by atoms with E-state index in [1.165, 1.54) is 11.3 Å². The smallest absolute Gasteiger partial charge is 0.112 e. The van der Waals surface area contributed by atoms with Crippen LogP contribution in [0, 0.1) is 0 Å². The summed E-state index contributed by atoms with van der Waals surface area (Å²) >= 11 is 10.6. The highest BCUT2D eigenvalue weighted by Gasteiger charge is 2.11. The molecule has 0 saturated heterocycles. The van der Waals surface area contributed by atoms with Crippen LogP contribution in [0.2, 0.25) is 4.34 Å². The number of thiophene rings is 1. The minimum atomic E-state index is -0.610.